The van der Waals surface area contributed by atoms with Crippen LogP contribution in [0.15, 0.2) is 30.3 Å². The van der Waals surface area contributed by atoms with Crippen molar-refractivity contribution in [1.82, 2.24) is 15.4 Å². The number of hydrogen-bond donors (Lipinski definition) is 1. The first kappa shape index (κ1) is 8.43. The molecule has 0 amide bonds. The van der Waals surface area contributed by atoms with Crippen molar-refractivity contribution in [2.45, 2.75) is 0 Å². The van der Waals surface area contributed by atoms with E-state index in [2.05, 4.69) is 15.4 Å². The lowest BCUT2D eigenvalue weighted by Crippen LogP contribution is -2.23. The summed E-state index contributed by atoms with van der Waals surface area (Å²) >= 11 is 0. The zero-order valence-electron chi connectivity index (χ0n) is 7.10. The van der Waals surface area contributed by atoms with Crippen LogP contribution in [0.5, 0.6) is 0 Å². The van der Waals surface area contributed by atoms with Crippen LogP contribution in [-0.2, 0) is 0 Å². The fraction of sp³-hybridized carbons (Fsp3) is 0. The smallest absolute Gasteiger partial charge is 0.136 e. The Labute approximate surface area is 79.4 Å². The standard InChI is InChI=1S/C9H7N3O2/c13-9(14)8-7(10-12-11-8)6-4-2-1-3-5-6/h1-5H,(H,13,14)(H,10,11,12)/p-1. The van der Waals surface area contributed by atoms with Crippen LogP contribution in [0.4, 0.5) is 0 Å². The lowest BCUT2D eigenvalue weighted by Gasteiger charge is -2.00. The topological polar surface area (TPSA) is 81.7 Å². The zero-order chi connectivity index (χ0) is 9.97. The van der Waals surface area contributed by atoms with Gasteiger partial charge in [0.1, 0.15) is 11.4 Å². The summed E-state index contributed by atoms with van der Waals surface area (Å²) in [5.74, 6) is -1.34. The molecule has 0 radical (unpaired) electrons. The monoisotopic (exact) mass is 188 g/mol. The molecule has 70 valence electrons. The number of carbonyl (C=O) groups excluding carboxylic acids is 1. The van der Waals surface area contributed by atoms with Crippen LogP contribution in [0.2, 0.25) is 0 Å². The van der Waals surface area contributed by atoms with Gasteiger partial charge in [-0.15, -0.1) is 0 Å². The van der Waals surface area contributed by atoms with E-state index in [1.165, 1.54) is 0 Å². The maximum Gasteiger partial charge on any atom is 0.136 e. The van der Waals surface area contributed by atoms with Crippen molar-refractivity contribution in [2.75, 3.05) is 0 Å². The van der Waals surface area contributed by atoms with E-state index in [0.29, 0.717) is 11.3 Å². The molecule has 0 saturated heterocycles. The molecule has 1 N–H and O–H groups in total. The van der Waals surface area contributed by atoms with E-state index in [9.17, 15) is 9.90 Å². The van der Waals surface area contributed by atoms with Crippen LogP contribution in [-0.4, -0.2) is 21.4 Å². The van der Waals surface area contributed by atoms with Crippen LogP contribution < -0.4 is 5.11 Å². The highest BCUT2D eigenvalue weighted by Crippen LogP contribution is 2.17. The van der Waals surface area contributed by atoms with E-state index in [4.69, 9.17) is 0 Å². The molecular formula is C9H6N3O2-. The van der Waals surface area contributed by atoms with Crippen LogP contribution in [0.3, 0.4) is 0 Å². The molecular weight excluding hydrogens is 182 g/mol. The summed E-state index contributed by atoms with van der Waals surface area (Å²) in [6, 6.07) is 8.93. The minimum atomic E-state index is -1.34. The number of carboxylic acid groups (broad SMARTS) is 1. The third-order valence-electron chi connectivity index (χ3n) is 1.79. The van der Waals surface area contributed by atoms with Gasteiger partial charge in [0.25, 0.3) is 0 Å². The van der Waals surface area contributed by atoms with Crippen LogP contribution >= 0.6 is 0 Å². The zero-order valence-corrected chi connectivity index (χ0v) is 7.10. The molecule has 0 atom stereocenters. The normalized spacial score (nSPS) is 10.0. The average Bonchev–Trinajstić information content (AvgIpc) is 2.67. The number of nitrogens with one attached hydrogen (secondary N) is 1. The quantitative estimate of drug-likeness (QED) is 0.709. The van der Waals surface area contributed by atoms with Crippen LogP contribution in [0.25, 0.3) is 11.3 Å². The highest BCUT2D eigenvalue weighted by atomic mass is 16.4. The van der Waals surface area contributed by atoms with Gasteiger partial charge in [-0.05, 0) is 0 Å². The molecule has 0 bridgehead atoms. The molecule has 0 aliphatic carbocycles. The van der Waals surface area contributed by atoms with Crippen molar-refractivity contribution in [2.24, 2.45) is 0 Å². The molecule has 1 aromatic heterocycles. The van der Waals surface area contributed by atoms with Gasteiger partial charge in [-0.1, -0.05) is 30.3 Å². The Hall–Kier alpha value is -2.17. The van der Waals surface area contributed by atoms with E-state index >= 15 is 0 Å². The molecule has 1 aromatic carbocycles. The first-order valence-electron chi connectivity index (χ1n) is 3.96. The van der Waals surface area contributed by atoms with Crippen molar-refractivity contribution in [1.29, 1.82) is 0 Å². The maximum atomic E-state index is 10.6. The van der Waals surface area contributed by atoms with E-state index in [1.807, 2.05) is 6.07 Å². The molecule has 0 spiro atoms. The van der Waals surface area contributed by atoms with Crippen molar-refractivity contribution in [3.8, 4) is 11.3 Å². The molecule has 1 heterocycles. The number of benzene rings is 1. The van der Waals surface area contributed by atoms with Gasteiger partial charge in [0.05, 0.1) is 5.97 Å². The first-order valence-corrected chi connectivity index (χ1v) is 3.96. The Balaban J connectivity index is 2.52. The van der Waals surface area contributed by atoms with Crippen LogP contribution in [0.1, 0.15) is 10.5 Å². The van der Waals surface area contributed by atoms with Crippen molar-refractivity contribution < 1.29 is 9.90 Å². The van der Waals surface area contributed by atoms with E-state index in [0.717, 1.165) is 0 Å². The number of aromatic carboxylic acids is 1. The summed E-state index contributed by atoms with van der Waals surface area (Å²) < 4.78 is 0. The fourth-order valence-electron chi connectivity index (χ4n) is 1.17. The molecule has 14 heavy (non-hydrogen) atoms. The number of hydrogen-bond acceptors (Lipinski definition) is 4. The van der Waals surface area contributed by atoms with Gasteiger partial charge in [-0.2, -0.15) is 15.4 Å². The van der Waals surface area contributed by atoms with Gasteiger partial charge in [0, 0.05) is 5.56 Å². The molecule has 0 fully saturated rings. The van der Waals surface area contributed by atoms with Gasteiger partial charge >= 0.3 is 0 Å². The number of aromatic amines is 1. The van der Waals surface area contributed by atoms with Crippen molar-refractivity contribution >= 4 is 5.97 Å². The Morgan fingerprint density at radius 1 is 1.21 bits per heavy atom. The predicted molar refractivity (Wildman–Crippen MR) is 46.1 cm³/mol. The number of H-pyrrole nitrogens is 1. The predicted octanol–water partition coefficient (Wildman–Crippen LogP) is -0.165. The SMILES string of the molecule is O=C([O-])c1n[nH]nc1-c1ccccc1. The van der Waals surface area contributed by atoms with Gasteiger partial charge in [0.2, 0.25) is 0 Å². The van der Waals surface area contributed by atoms with E-state index in [1.54, 1.807) is 24.3 Å². The minimum Gasteiger partial charge on any atom is -0.543 e. The van der Waals surface area contributed by atoms with E-state index in [-0.39, 0.29) is 5.69 Å². The third-order valence-corrected chi connectivity index (χ3v) is 1.79. The molecule has 2 aromatic rings. The van der Waals surface area contributed by atoms with Gasteiger partial charge < -0.3 is 9.90 Å². The second-order valence-corrected chi connectivity index (χ2v) is 2.67. The number of carboxylic acids is 1. The Bertz CT molecular complexity index is 450. The largest absolute Gasteiger partial charge is 0.543 e. The number of carbonyl (C=O) groups is 1. The average molecular weight is 188 g/mol. The molecule has 0 aliphatic rings. The summed E-state index contributed by atoms with van der Waals surface area (Å²) in [6.07, 6.45) is 0. The molecule has 2 rings (SSSR count). The molecule has 5 heteroatoms. The summed E-state index contributed by atoms with van der Waals surface area (Å²) in [4.78, 5) is 10.6. The second-order valence-electron chi connectivity index (χ2n) is 2.67. The van der Waals surface area contributed by atoms with Crippen molar-refractivity contribution in [3.63, 3.8) is 0 Å². The lowest BCUT2D eigenvalue weighted by molar-refractivity contribution is -0.255. The highest BCUT2D eigenvalue weighted by molar-refractivity contribution is 5.90. The lowest BCUT2D eigenvalue weighted by atomic mass is 10.1. The Morgan fingerprint density at radius 2 is 1.93 bits per heavy atom. The fourth-order valence-corrected chi connectivity index (χ4v) is 1.17. The summed E-state index contributed by atoms with van der Waals surface area (Å²) in [6.45, 7) is 0. The second kappa shape index (κ2) is 3.29. The van der Waals surface area contributed by atoms with E-state index < -0.39 is 5.97 Å². The summed E-state index contributed by atoms with van der Waals surface area (Å²) in [5, 5.41) is 20.1. The van der Waals surface area contributed by atoms with Gasteiger partial charge in [-0.25, -0.2) is 0 Å². The van der Waals surface area contributed by atoms with Gasteiger partial charge in [-0.3, -0.25) is 0 Å². The molecule has 0 unspecified atom stereocenters. The molecule has 5 nitrogen and oxygen atoms in total. The molecule has 0 aliphatic heterocycles. The Morgan fingerprint density at radius 3 is 2.57 bits per heavy atom. The highest BCUT2D eigenvalue weighted by Gasteiger charge is 2.09. The van der Waals surface area contributed by atoms with Gasteiger partial charge in [0.15, 0.2) is 0 Å². The van der Waals surface area contributed by atoms with Crippen LogP contribution in [0, 0.1) is 0 Å². The minimum absolute atomic E-state index is 0.170. The van der Waals surface area contributed by atoms with Crippen molar-refractivity contribution in [3.05, 3.63) is 36.0 Å². The third kappa shape index (κ3) is 1.35. The Kier molecular flexibility index (Phi) is 1.98. The maximum absolute atomic E-state index is 10.6. The number of nitrogens with zero attached hydrogens (tertiary/aromatic N) is 2. The number of aromatic nitrogens is 3. The molecule has 0 saturated carbocycles. The number of rotatable bonds is 2. The summed E-state index contributed by atoms with van der Waals surface area (Å²) in [7, 11) is 0. The summed E-state index contributed by atoms with van der Waals surface area (Å²) in [5.41, 5.74) is 0.822. The first-order chi connectivity index (χ1) is 6.79.